The Bertz CT molecular complexity index is 1730. The number of carbonyl (C=O) groups is 1. The molecule has 44 heavy (non-hydrogen) atoms. The molecule has 0 aliphatic rings. The number of hydrogen-bond donors (Lipinski definition) is 2. The summed E-state index contributed by atoms with van der Waals surface area (Å²) in [5, 5.41) is 48.8. The van der Waals surface area contributed by atoms with E-state index in [9.17, 15) is 40.2 Å². The molecule has 230 valence electrons. The molecule has 15 nitrogen and oxygen atoms in total. The zero-order valence-corrected chi connectivity index (χ0v) is 24.1. The number of nitro benzene ring substituents is 3. The smallest absolute Gasteiger partial charge is 0.325 e. The number of ether oxygens (including phenoxy) is 2. The predicted octanol–water partition coefficient (Wildman–Crippen LogP) is 5.54. The Morgan fingerprint density at radius 3 is 2.09 bits per heavy atom. The maximum atomic E-state index is 13.4. The molecule has 0 spiro atoms. The van der Waals surface area contributed by atoms with Gasteiger partial charge in [-0.1, -0.05) is 43.7 Å². The second kappa shape index (κ2) is 12.8. The molecule has 1 atom stereocenters. The number of aryl methyl sites for hydroxylation is 2. The van der Waals surface area contributed by atoms with Gasteiger partial charge in [-0.3, -0.25) is 35.1 Å². The number of aliphatic hydroxyl groups is 1. The van der Waals surface area contributed by atoms with E-state index in [4.69, 9.17) is 13.9 Å². The van der Waals surface area contributed by atoms with Crippen LogP contribution in [0.25, 0.3) is 11.0 Å². The van der Waals surface area contributed by atoms with Crippen LogP contribution in [0.15, 0.2) is 52.9 Å². The molecule has 0 aliphatic carbocycles. The molecule has 15 heteroatoms. The van der Waals surface area contributed by atoms with Crippen LogP contribution in [0.5, 0.6) is 17.2 Å². The quantitative estimate of drug-likeness (QED) is 0.109. The number of benzene rings is 3. The van der Waals surface area contributed by atoms with E-state index < -0.39 is 49.5 Å². The van der Waals surface area contributed by atoms with Gasteiger partial charge in [-0.05, 0) is 26.0 Å². The van der Waals surface area contributed by atoms with Gasteiger partial charge in [-0.15, -0.1) is 0 Å². The molecule has 0 saturated heterocycles. The van der Waals surface area contributed by atoms with E-state index in [1.165, 1.54) is 19.1 Å². The number of nitrogens with one attached hydrogen (secondary N) is 1. The fraction of sp³-hybridized carbons (Fsp3) is 0.276. The Balaban J connectivity index is 1.91. The lowest BCUT2D eigenvalue weighted by Gasteiger charge is -2.17. The first-order valence-corrected chi connectivity index (χ1v) is 13.3. The maximum Gasteiger partial charge on any atom is 0.325 e. The number of hydrogen-bond acceptors (Lipinski definition) is 12. The van der Waals surface area contributed by atoms with E-state index in [0.717, 1.165) is 5.56 Å². The SMILES string of the molecule is Cc1ccc(C(=O)c2oc3ccc(OCC(O)CNC(C)C)c(Oc4c([N+](=O)[O-])cc([N+](=O)[O-])cc4[N+](=O)[O-])c3c2C)cc1. The number of nitro groups is 3. The minimum atomic E-state index is -1.05. The summed E-state index contributed by atoms with van der Waals surface area (Å²) in [7, 11) is 0. The van der Waals surface area contributed by atoms with Crippen molar-refractivity contribution in [2.24, 2.45) is 0 Å². The van der Waals surface area contributed by atoms with Crippen molar-refractivity contribution in [1.29, 1.82) is 0 Å². The van der Waals surface area contributed by atoms with Gasteiger partial charge in [0.2, 0.25) is 5.78 Å². The van der Waals surface area contributed by atoms with Gasteiger partial charge in [0.25, 0.3) is 11.4 Å². The lowest BCUT2D eigenvalue weighted by atomic mass is 10.0. The molecular weight excluding hydrogens is 580 g/mol. The molecule has 1 aromatic heterocycles. The fourth-order valence-corrected chi connectivity index (χ4v) is 4.34. The van der Waals surface area contributed by atoms with Gasteiger partial charge in [0.15, 0.2) is 17.3 Å². The molecule has 3 aromatic carbocycles. The molecule has 0 bridgehead atoms. The molecule has 1 unspecified atom stereocenters. The first-order valence-electron chi connectivity index (χ1n) is 13.3. The third-order valence-corrected chi connectivity index (χ3v) is 6.57. The highest BCUT2D eigenvalue weighted by Crippen LogP contribution is 2.48. The highest BCUT2D eigenvalue weighted by molar-refractivity contribution is 6.11. The molecule has 4 rings (SSSR count). The maximum absolute atomic E-state index is 13.4. The predicted molar refractivity (Wildman–Crippen MR) is 157 cm³/mol. The highest BCUT2D eigenvalue weighted by atomic mass is 16.6. The van der Waals surface area contributed by atoms with Crippen molar-refractivity contribution < 1.29 is 38.6 Å². The van der Waals surface area contributed by atoms with Gasteiger partial charge in [0.05, 0.1) is 32.3 Å². The van der Waals surface area contributed by atoms with E-state index in [2.05, 4.69) is 5.32 Å². The van der Waals surface area contributed by atoms with Crippen molar-refractivity contribution >= 4 is 33.8 Å². The third-order valence-electron chi connectivity index (χ3n) is 6.57. The average molecular weight is 609 g/mol. The number of aliphatic hydroxyl groups excluding tert-OH is 1. The highest BCUT2D eigenvalue weighted by Gasteiger charge is 2.35. The van der Waals surface area contributed by atoms with Crippen LogP contribution in [0.2, 0.25) is 0 Å². The number of nitrogens with zero attached hydrogens (tertiary/aromatic N) is 3. The van der Waals surface area contributed by atoms with Gasteiger partial charge in [-0.25, -0.2) is 0 Å². The summed E-state index contributed by atoms with van der Waals surface area (Å²) in [5.74, 6) is -1.86. The van der Waals surface area contributed by atoms with E-state index >= 15 is 0 Å². The topological polar surface area (TPSA) is 210 Å². The van der Waals surface area contributed by atoms with Crippen LogP contribution in [0.1, 0.15) is 41.1 Å². The van der Waals surface area contributed by atoms with E-state index in [-0.39, 0.29) is 53.0 Å². The number of fused-ring (bicyclic) bond motifs is 1. The van der Waals surface area contributed by atoms with Crippen molar-refractivity contribution in [3.05, 3.63) is 101 Å². The minimum Gasteiger partial charge on any atom is -0.487 e. The first-order chi connectivity index (χ1) is 20.8. The van der Waals surface area contributed by atoms with Crippen molar-refractivity contribution in [3.8, 4) is 17.2 Å². The van der Waals surface area contributed by atoms with E-state index in [0.29, 0.717) is 17.7 Å². The van der Waals surface area contributed by atoms with Crippen LogP contribution < -0.4 is 14.8 Å². The first kappa shape index (κ1) is 31.5. The molecule has 0 radical (unpaired) electrons. The van der Waals surface area contributed by atoms with Crippen LogP contribution in [0.3, 0.4) is 0 Å². The molecule has 0 aliphatic heterocycles. The summed E-state index contributed by atoms with van der Waals surface area (Å²) in [4.78, 5) is 45.5. The van der Waals surface area contributed by atoms with Crippen LogP contribution >= 0.6 is 0 Å². The summed E-state index contributed by atoms with van der Waals surface area (Å²) in [6.45, 7) is 7.04. The third kappa shape index (κ3) is 6.63. The lowest BCUT2D eigenvalue weighted by Crippen LogP contribution is -2.35. The number of ketones is 1. The molecule has 1 heterocycles. The molecule has 0 saturated carbocycles. The number of carbonyl (C=O) groups excluding carboxylic acids is 1. The second-order valence-electron chi connectivity index (χ2n) is 10.2. The van der Waals surface area contributed by atoms with Crippen molar-refractivity contribution in [2.45, 2.75) is 39.8 Å². The molecule has 2 N–H and O–H groups in total. The largest absolute Gasteiger partial charge is 0.487 e. The molecular formula is C29H28N4O11. The molecule has 0 fully saturated rings. The van der Waals surface area contributed by atoms with Crippen molar-refractivity contribution in [2.75, 3.05) is 13.2 Å². The Morgan fingerprint density at radius 1 is 0.932 bits per heavy atom. The number of non-ortho nitro benzene ring substituents is 1. The van der Waals surface area contributed by atoms with Crippen molar-refractivity contribution in [1.82, 2.24) is 5.32 Å². The summed E-state index contributed by atoms with van der Waals surface area (Å²) in [5.41, 5.74) is -1.41. The summed E-state index contributed by atoms with van der Waals surface area (Å²) >= 11 is 0. The molecule has 0 amide bonds. The lowest BCUT2D eigenvalue weighted by molar-refractivity contribution is -0.404. The van der Waals surface area contributed by atoms with Crippen LogP contribution in [0.4, 0.5) is 17.1 Å². The van der Waals surface area contributed by atoms with Gasteiger partial charge in [0.1, 0.15) is 18.3 Å². The van der Waals surface area contributed by atoms with Crippen LogP contribution in [0, 0.1) is 44.2 Å². The summed E-state index contributed by atoms with van der Waals surface area (Å²) in [6.07, 6.45) is -1.01. The van der Waals surface area contributed by atoms with Gasteiger partial charge < -0.3 is 24.3 Å². The Hall–Kier alpha value is -5.41. The zero-order chi connectivity index (χ0) is 32.3. The van der Waals surface area contributed by atoms with Gasteiger partial charge in [0, 0.05) is 23.7 Å². The van der Waals surface area contributed by atoms with E-state index in [1.807, 2.05) is 20.8 Å². The summed E-state index contributed by atoms with van der Waals surface area (Å²) < 4.78 is 17.5. The monoisotopic (exact) mass is 608 g/mol. The number of rotatable bonds is 13. The molecule has 4 aromatic rings. The average Bonchev–Trinajstić information content (AvgIpc) is 3.31. The standard InChI is InChI=1S/C29H28N4O11/c1-15(2)30-13-20(34)14-42-24-10-9-23-25(17(4)27(43-23)26(35)18-7-5-16(3)6-8-18)29(24)44-28-21(32(38)39)11-19(31(36)37)12-22(28)33(40)41/h5-12,15,20,30,34H,13-14H2,1-4H3. The minimum absolute atomic E-state index is 0.0706. The van der Waals surface area contributed by atoms with Gasteiger partial charge in [-0.2, -0.15) is 0 Å². The van der Waals surface area contributed by atoms with Crippen molar-refractivity contribution in [3.63, 3.8) is 0 Å². The Kier molecular flexibility index (Phi) is 9.20. The Labute approximate surface area is 249 Å². The number of furan rings is 1. The Morgan fingerprint density at radius 2 is 1.55 bits per heavy atom. The summed E-state index contributed by atoms with van der Waals surface area (Å²) in [6, 6.07) is 10.7. The van der Waals surface area contributed by atoms with Gasteiger partial charge >= 0.3 is 11.4 Å². The van der Waals surface area contributed by atoms with Crippen LogP contribution in [-0.2, 0) is 0 Å². The normalized spacial score (nSPS) is 11.9. The van der Waals surface area contributed by atoms with E-state index in [1.54, 1.807) is 24.3 Å². The fourth-order valence-electron chi connectivity index (χ4n) is 4.34. The second-order valence-corrected chi connectivity index (χ2v) is 10.2. The van der Waals surface area contributed by atoms with Crippen LogP contribution in [-0.4, -0.2) is 51.0 Å². The zero-order valence-electron chi connectivity index (χ0n) is 24.1.